The van der Waals surface area contributed by atoms with E-state index in [2.05, 4.69) is 15.4 Å². The SMILES string of the molecule is Cc1ccc(C(NN)c2ncccn2)cc1Cl. The first kappa shape index (κ1) is 12.0. The minimum Gasteiger partial charge on any atom is -0.270 e. The molecule has 0 bridgehead atoms. The van der Waals surface area contributed by atoms with Crippen LogP contribution in [0.25, 0.3) is 0 Å². The summed E-state index contributed by atoms with van der Waals surface area (Å²) >= 11 is 6.09. The Labute approximate surface area is 105 Å². The van der Waals surface area contributed by atoms with E-state index < -0.39 is 0 Å². The minimum atomic E-state index is -0.255. The first-order valence-corrected chi connectivity index (χ1v) is 5.59. The molecule has 0 aliphatic carbocycles. The Morgan fingerprint density at radius 3 is 2.59 bits per heavy atom. The second-order valence-electron chi connectivity index (χ2n) is 3.72. The van der Waals surface area contributed by atoms with Crippen LogP contribution in [0, 0.1) is 6.92 Å². The van der Waals surface area contributed by atoms with E-state index in [0.717, 1.165) is 11.1 Å². The smallest absolute Gasteiger partial charge is 0.150 e. The molecule has 0 aliphatic rings. The van der Waals surface area contributed by atoms with Crippen LogP contribution in [0.5, 0.6) is 0 Å². The quantitative estimate of drug-likeness (QED) is 0.644. The lowest BCUT2D eigenvalue weighted by Gasteiger charge is -2.15. The molecule has 0 radical (unpaired) electrons. The number of benzene rings is 1. The van der Waals surface area contributed by atoms with Gasteiger partial charge < -0.3 is 0 Å². The van der Waals surface area contributed by atoms with Crippen molar-refractivity contribution in [3.63, 3.8) is 0 Å². The highest BCUT2D eigenvalue weighted by atomic mass is 35.5. The Kier molecular flexibility index (Phi) is 3.68. The van der Waals surface area contributed by atoms with Crippen LogP contribution in [0.15, 0.2) is 36.7 Å². The van der Waals surface area contributed by atoms with Crippen molar-refractivity contribution in [1.82, 2.24) is 15.4 Å². The molecular weight excluding hydrogens is 236 g/mol. The number of aryl methyl sites for hydroxylation is 1. The third-order valence-corrected chi connectivity index (χ3v) is 2.95. The number of halogens is 1. The summed E-state index contributed by atoms with van der Waals surface area (Å²) < 4.78 is 0. The molecule has 0 saturated heterocycles. The zero-order chi connectivity index (χ0) is 12.3. The van der Waals surface area contributed by atoms with Crippen molar-refractivity contribution in [2.45, 2.75) is 13.0 Å². The molecule has 0 aliphatic heterocycles. The van der Waals surface area contributed by atoms with E-state index in [1.54, 1.807) is 18.5 Å². The van der Waals surface area contributed by atoms with Gasteiger partial charge >= 0.3 is 0 Å². The first-order valence-electron chi connectivity index (χ1n) is 5.21. The summed E-state index contributed by atoms with van der Waals surface area (Å²) in [6.45, 7) is 1.95. The van der Waals surface area contributed by atoms with Crippen molar-refractivity contribution in [2.75, 3.05) is 0 Å². The molecule has 1 aromatic heterocycles. The van der Waals surface area contributed by atoms with Crippen molar-refractivity contribution < 1.29 is 0 Å². The van der Waals surface area contributed by atoms with Gasteiger partial charge in [0.2, 0.25) is 0 Å². The number of nitrogens with two attached hydrogens (primary N) is 1. The Balaban J connectivity index is 2.39. The number of hydrogen-bond acceptors (Lipinski definition) is 4. The fourth-order valence-electron chi connectivity index (χ4n) is 1.57. The molecule has 1 atom stereocenters. The molecule has 5 heteroatoms. The standard InChI is InChI=1S/C12H13ClN4/c1-8-3-4-9(7-10(8)13)11(17-14)12-15-5-2-6-16-12/h2-7,11,17H,14H2,1H3. The van der Waals surface area contributed by atoms with Gasteiger partial charge in [0.15, 0.2) is 5.82 Å². The summed E-state index contributed by atoms with van der Waals surface area (Å²) in [5, 5.41) is 0.707. The van der Waals surface area contributed by atoms with Gasteiger partial charge in [0, 0.05) is 17.4 Å². The number of aromatic nitrogens is 2. The molecule has 2 rings (SSSR count). The van der Waals surface area contributed by atoms with Gasteiger partial charge in [0.25, 0.3) is 0 Å². The molecule has 17 heavy (non-hydrogen) atoms. The normalized spacial score (nSPS) is 12.4. The highest BCUT2D eigenvalue weighted by Gasteiger charge is 2.15. The average Bonchev–Trinajstić information content (AvgIpc) is 2.36. The van der Waals surface area contributed by atoms with Crippen LogP contribution in [0.1, 0.15) is 23.0 Å². The fraction of sp³-hybridized carbons (Fsp3) is 0.167. The van der Waals surface area contributed by atoms with Crippen molar-refractivity contribution in [1.29, 1.82) is 0 Å². The molecule has 88 valence electrons. The third-order valence-electron chi connectivity index (χ3n) is 2.54. The molecule has 3 N–H and O–H groups in total. The van der Waals surface area contributed by atoms with Crippen molar-refractivity contribution >= 4 is 11.6 Å². The largest absolute Gasteiger partial charge is 0.270 e. The molecule has 1 heterocycles. The van der Waals surface area contributed by atoms with E-state index in [4.69, 9.17) is 17.4 Å². The summed E-state index contributed by atoms with van der Waals surface area (Å²) in [6, 6.07) is 7.29. The minimum absolute atomic E-state index is 0.255. The third kappa shape index (κ3) is 2.61. The Bertz CT molecular complexity index is 501. The van der Waals surface area contributed by atoms with Crippen LogP contribution < -0.4 is 11.3 Å². The van der Waals surface area contributed by atoms with Gasteiger partial charge in [-0.3, -0.25) is 5.84 Å². The maximum Gasteiger partial charge on any atom is 0.150 e. The number of nitrogens with one attached hydrogen (secondary N) is 1. The van der Waals surface area contributed by atoms with Gasteiger partial charge in [-0.2, -0.15) is 0 Å². The van der Waals surface area contributed by atoms with E-state index in [-0.39, 0.29) is 6.04 Å². The summed E-state index contributed by atoms with van der Waals surface area (Å²) in [5.74, 6) is 6.17. The van der Waals surface area contributed by atoms with Crippen LogP contribution in [0.4, 0.5) is 0 Å². The van der Waals surface area contributed by atoms with Crippen LogP contribution in [-0.4, -0.2) is 9.97 Å². The van der Waals surface area contributed by atoms with Crippen LogP contribution >= 0.6 is 11.6 Å². The summed E-state index contributed by atoms with van der Waals surface area (Å²) in [5.41, 5.74) is 4.66. The highest BCUT2D eigenvalue weighted by molar-refractivity contribution is 6.31. The molecule has 2 aromatic rings. The van der Waals surface area contributed by atoms with Crippen molar-refractivity contribution in [3.05, 3.63) is 58.6 Å². The van der Waals surface area contributed by atoms with Crippen molar-refractivity contribution in [2.24, 2.45) is 5.84 Å². The molecule has 1 unspecified atom stereocenters. The van der Waals surface area contributed by atoms with Gasteiger partial charge in [-0.1, -0.05) is 23.7 Å². The second-order valence-corrected chi connectivity index (χ2v) is 4.12. The zero-order valence-electron chi connectivity index (χ0n) is 9.39. The molecule has 0 fully saturated rings. The first-order chi connectivity index (χ1) is 8.22. The van der Waals surface area contributed by atoms with Gasteiger partial charge in [-0.25, -0.2) is 15.4 Å². The molecule has 4 nitrogen and oxygen atoms in total. The molecule has 1 aromatic carbocycles. The maximum absolute atomic E-state index is 6.09. The monoisotopic (exact) mass is 248 g/mol. The number of rotatable bonds is 3. The summed E-state index contributed by atoms with van der Waals surface area (Å²) in [6.07, 6.45) is 3.37. The molecule has 0 spiro atoms. The van der Waals surface area contributed by atoms with E-state index in [1.165, 1.54) is 0 Å². The molecular formula is C12H13ClN4. The predicted octanol–water partition coefficient (Wildman–Crippen LogP) is 1.99. The topological polar surface area (TPSA) is 63.8 Å². The summed E-state index contributed by atoms with van der Waals surface area (Å²) in [7, 11) is 0. The van der Waals surface area contributed by atoms with Gasteiger partial charge in [0.1, 0.15) is 6.04 Å². The second kappa shape index (κ2) is 5.23. The zero-order valence-corrected chi connectivity index (χ0v) is 10.1. The van der Waals surface area contributed by atoms with E-state index >= 15 is 0 Å². The van der Waals surface area contributed by atoms with Gasteiger partial charge in [0.05, 0.1) is 0 Å². The lowest BCUT2D eigenvalue weighted by molar-refractivity contribution is 0.601. The lowest BCUT2D eigenvalue weighted by Crippen LogP contribution is -2.30. The Morgan fingerprint density at radius 1 is 1.29 bits per heavy atom. The summed E-state index contributed by atoms with van der Waals surface area (Å²) in [4.78, 5) is 8.36. The van der Waals surface area contributed by atoms with E-state index in [1.807, 2.05) is 25.1 Å². The lowest BCUT2D eigenvalue weighted by atomic mass is 10.0. The number of hydrogen-bond donors (Lipinski definition) is 2. The highest BCUT2D eigenvalue weighted by Crippen LogP contribution is 2.23. The van der Waals surface area contributed by atoms with Crippen LogP contribution in [0.3, 0.4) is 0 Å². The molecule has 0 amide bonds. The van der Waals surface area contributed by atoms with E-state index in [9.17, 15) is 0 Å². The Hall–Kier alpha value is -1.49. The predicted molar refractivity (Wildman–Crippen MR) is 67.4 cm³/mol. The molecule has 0 saturated carbocycles. The average molecular weight is 249 g/mol. The number of hydrazine groups is 1. The fourth-order valence-corrected chi connectivity index (χ4v) is 1.76. The maximum atomic E-state index is 6.09. The van der Waals surface area contributed by atoms with E-state index in [0.29, 0.717) is 10.8 Å². The number of nitrogens with zero attached hydrogens (tertiary/aromatic N) is 2. The van der Waals surface area contributed by atoms with Crippen molar-refractivity contribution in [3.8, 4) is 0 Å². The Morgan fingerprint density at radius 2 is 2.00 bits per heavy atom. The van der Waals surface area contributed by atoms with Crippen LogP contribution in [0.2, 0.25) is 5.02 Å². The van der Waals surface area contributed by atoms with Crippen LogP contribution in [-0.2, 0) is 0 Å². The van der Waals surface area contributed by atoms with Gasteiger partial charge in [-0.05, 0) is 30.2 Å². The van der Waals surface area contributed by atoms with Gasteiger partial charge in [-0.15, -0.1) is 0 Å².